The summed E-state index contributed by atoms with van der Waals surface area (Å²) in [4.78, 5) is 10.8. The van der Waals surface area contributed by atoms with Crippen molar-refractivity contribution in [3.63, 3.8) is 0 Å². The van der Waals surface area contributed by atoms with Crippen molar-refractivity contribution >= 4 is 5.97 Å². The number of nitrogens with two attached hydrogens (primary N) is 1. The average molecular weight is 243 g/mol. The molecule has 0 aromatic heterocycles. The predicted octanol–water partition coefficient (Wildman–Crippen LogP) is 1.24. The third kappa shape index (κ3) is 2.03. The molecule has 0 spiro atoms. The SMILES string of the molecule is COc1c(C)c(F)c(C)c(C(N)C(=O)O)c1O. The Kier molecular flexibility index (Phi) is 3.57. The van der Waals surface area contributed by atoms with Crippen LogP contribution in [0, 0.1) is 19.7 Å². The second kappa shape index (κ2) is 4.58. The first kappa shape index (κ1) is 13.2. The molecule has 0 fully saturated rings. The zero-order valence-corrected chi connectivity index (χ0v) is 9.74. The van der Waals surface area contributed by atoms with E-state index >= 15 is 0 Å². The second-order valence-electron chi connectivity index (χ2n) is 3.68. The first-order chi connectivity index (χ1) is 7.82. The maximum Gasteiger partial charge on any atom is 0.325 e. The number of aliphatic carboxylic acids is 1. The van der Waals surface area contributed by atoms with Crippen molar-refractivity contribution in [3.05, 3.63) is 22.5 Å². The zero-order chi connectivity index (χ0) is 13.3. The number of methoxy groups -OCH3 is 1. The fraction of sp³-hybridized carbons (Fsp3) is 0.364. The van der Waals surface area contributed by atoms with Gasteiger partial charge in [-0.05, 0) is 19.4 Å². The number of benzene rings is 1. The van der Waals surface area contributed by atoms with Crippen LogP contribution in [0.15, 0.2) is 0 Å². The summed E-state index contributed by atoms with van der Waals surface area (Å²) in [6.07, 6.45) is 0. The number of hydrogen-bond acceptors (Lipinski definition) is 4. The molecule has 0 saturated heterocycles. The van der Waals surface area contributed by atoms with E-state index in [0.717, 1.165) is 0 Å². The third-order valence-corrected chi connectivity index (χ3v) is 2.65. The maximum atomic E-state index is 13.8. The van der Waals surface area contributed by atoms with E-state index in [1.807, 2.05) is 0 Å². The van der Waals surface area contributed by atoms with Crippen LogP contribution in [0.5, 0.6) is 11.5 Å². The molecule has 0 radical (unpaired) electrons. The number of carboxylic acids is 1. The molecule has 0 aliphatic carbocycles. The van der Waals surface area contributed by atoms with Gasteiger partial charge in [0.05, 0.1) is 7.11 Å². The topological polar surface area (TPSA) is 92.8 Å². The van der Waals surface area contributed by atoms with E-state index in [1.54, 1.807) is 0 Å². The van der Waals surface area contributed by atoms with E-state index in [2.05, 4.69) is 0 Å². The molecule has 0 aliphatic heterocycles. The van der Waals surface area contributed by atoms with Crippen LogP contribution in [0.4, 0.5) is 4.39 Å². The molecule has 6 heteroatoms. The lowest BCUT2D eigenvalue weighted by molar-refractivity contribution is -0.138. The number of carbonyl (C=O) groups is 1. The highest BCUT2D eigenvalue weighted by Crippen LogP contribution is 2.40. The Morgan fingerprint density at radius 2 is 1.94 bits per heavy atom. The summed E-state index contributed by atoms with van der Waals surface area (Å²) in [6.45, 7) is 2.79. The van der Waals surface area contributed by atoms with E-state index in [4.69, 9.17) is 15.6 Å². The Morgan fingerprint density at radius 3 is 2.35 bits per heavy atom. The van der Waals surface area contributed by atoms with Gasteiger partial charge in [-0.15, -0.1) is 0 Å². The Balaban J connectivity index is 3.61. The molecule has 1 aromatic rings. The van der Waals surface area contributed by atoms with Gasteiger partial charge in [0.1, 0.15) is 11.9 Å². The molecule has 1 unspecified atom stereocenters. The highest BCUT2D eigenvalue weighted by Gasteiger charge is 2.27. The van der Waals surface area contributed by atoms with E-state index in [1.165, 1.54) is 21.0 Å². The minimum Gasteiger partial charge on any atom is -0.504 e. The van der Waals surface area contributed by atoms with Crippen LogP contribution in [0.1, 0.15) is 22.7 Å². The number of rotatable bonds is 3. The number of ether oxygens (including phenoxy) is 1. The van der Waals surface area contributed by atoms with Crippen molar-refractivity contribution in [1.82, 2.24) is 0 Å². The van der Waals surface area contributed by atoms with Gasteiger partial charge in [0, 0.05) is 11.1 Å². The largest absolute Gasteiger partial charge is 0.504 e. The number of phenolic OH excluding ortho intramolecular Hbond substituents is 1. The molecule has 5 nitrogen and oxygen atoms in total. The molecular weight excluding hydrogens is 229 g/mol. The fourth-order valence-corrected chi connectivity index (χ4v) is 1.73. The minimum atomic E-state index is -1.50. The quantitative estimate of drug-likeness (QED) is 0.742. The van der Waals surface area contributed by atoms with E-state index < -0.39 is 23.6 Å². The second-order valence-corrected chi connectivity index (χ2v) is 3.68. The van der Waals surface area contributed by atoms with Gasteiger partial charge >= 0.3 is 5.97 Å². The first-order valence-corrected chi connectivity index (χ1v) is 4.86. The molecular formula is C11H14FNO4. The predicted molar refractivity (Wildman–Crippen MR) is 58.7 cm³/mol. The average Bonchev–Trinajstić information content (AvgIpc) is 2.27. The van der Waals surface area contributed by atoms with Gasteiger partial charge in [-0.25, -0.2) is 4.39 Å². The van der Waals surface area contributed by atoms with E-state index in [9.17, 15) is 14.3 Å². The molecule has 4 N–H and O–H groups in total. The number of hydrogen-bond donors (Lipinski definition) is 3. The Hall–Kier alpha value is -1.82. The van der Waals surface area contributed by atoms with Gasteiger partial charge in [0.25, 0.3) is 0 Å². The lowest BCUT2D eigenvalue weighted by Crippen LogP contribution is -2.22. The van der Waals surface area contributed by atoms with Crippen molar-refractivity contribution in [1.29, 1.82) is 0 Å². The lowest BCUT2D eigenvalue weighted by atomic mass is 9.96. The summed E-state index contributed by atoms with van der Waals surface area (Å²) in [7, 11) is 1.26. The van der Waals surface area contributed by atoms with Crippen LogP contribution < -0.4 is 10.5 Å². The molecule has 1 aromatic carbocycles. The standard InChI is InChI=1S/C11H14FNO4/c1-4-6(8(13)11(15)16)9(14)10(17-3)5(2)7(4)12/h8,14H,13H2,1-3H3,(H,15,16). The maximum absolute atomic E-state index is 13.8. The van der Waals surface area contributed by atoms with Gasteiger partial charge in [0.15, 0.2) is 11.5 Å². The van der Waals surface area contributed by atoms with Crippen molar-refractivity contribution in [3.8, 4) is 11.5 Å². The molecule has 0 bridgehead atoms. The Labute approximate surface area is 97.6 Å². The highest BCUT2D eigenvalue weighted by molar-refractivity contribution is 5.78. The smallest absolute Gasteiger partial charge is 0.325 e. The highest BCUT2D eigenvalue weighted by atomic mass is 19.1. The van der Waals surface area contributed by atoms with Crippen molar-refractivity contribution in [2.75, 3.05) is 7.11 Å². The summed E-state index contributed by atoms with van der Waals surface area (Å²) >= 11 is 0. The Morgan fingerprint density at radius 1 is 1.41 bits per heavy atom. The van der Waals surface area contributed by atoms with Crippen LogP contribution in [-0.2, 0) is 4.79 Å². The summed E-state index contributed by atoms with van der Waals surface area (Å²) in [5.41, 5.74) is 5.36. The van der Waals surface area contributed by atoms with E-state index in [0.29, 0.717) is 0 Å². The Bertz CT molecular complexity index is 473. The van der Waals surface area contributed by atoms with E-state index in [-0.39, 0.29) is 22.4 Å². The van der Waals surface area contributed by atoms with Crippen LogP contribution >= 0.6 is 0 Å². The normalized spacial score (nSPS) is 12.3. The number of phenols is 1. The molecule has 0 amide bonds. The van der Waals surface area contributed by atoms with Gasteiger partial charge in [-0.2, -0.15) is 0 Å². The number of aromatic hydroxyl groups is 1. The van der Waals surface area contributed by atoms with Crippen molar-refractivity contribution < 1.29 is 24.1 Å². The summed E-state index contributed by atoms with van der Waals surface area (Å²) in [6, 6.07) is -1.50. The summed E-state index contributed by atoms with van der Waals surface area (Å²) in [5.74, 6) is -2.52. The first-order valence-electron chi connectivity index (χ1n) is 4.86. The van der Waals surface area contributed by atoms with Gasteiger partial charge < -0.3 is 20.7 Å². The third-order valence-electron chi connectivity index (χ3n) is 2.65. The molecule has 0 heterocycles. The fourth-order valence-electron chi connectivity index (χ4n) is 1.73. The molecule has 94 valence electrons. The van der Waals surface area contributed by atoms with Crippen LogP contribution in [-0.4, -0.2) is 23.3 Å². The van der Waals surface area contributed by atoms with Gasteiger partial charge in [-0.1, -0.05) is 0 Å². The molecule has 1 rings (SSSR count). The van der Waals surface area contributed by atoms with Gasteiger partial charge in [0.2, 0.25) is 0 Å². The van der Waals surface area contributed by atoms with Crippen LogP contribution in [0.2, 0.25) is 0 Å². The number of halogens is 1. The summed E-state index contributed by atoms with van der Waals surface area (Å²) < 4.78 is 18.6. The van der Waals surface area contributed by atoms with Crippen molar-refractivity contribution in [2.45, 2.75) is 19.9 Å². The van der Waals surface area contributed by atoms with Gasteiger partial charge in [-0.3, -0.25) is 4.79 Å². The van der Waals surface area contributed by atoms with Crippen LogP contribution in [0.3, 0.4) is 0 Å². The molecule has 1 atom stereocenters. The van der Waals surface area contributed by atoms with Crippen LogP contribution in [0.25, 0.3) is 0 Å². The molecule has 0 saturated carbocycles. The minimum absolute atomic E-state index is 0.00991. The zero-order valence-electron chi connectivity index (χ0n) is 9.74. The molecule has 0 aliphatic rings. The summed E-state index contributed by atoms with van der Waals surface area (Å²) in [5, 5.41) is 18.7. The lowest BCUT2D eigenvalue weighted by Gasteiger charge is -2.18. The molecule has 17 heavy (non-hydrogen) atoms. The monoisotopic (exact) mass is 243 g/mol. The van der Waals surface area contributed by atoms with Crippen molar-refractivity contribution in [2.24, 2.45) is 5.73 Å². The number of carboxylic acid groups (broad SMARTS) is 1.